The van der Waals surface area contributed by atoms with Crippen molar-refractivity contribution in [2.24, 2.45) is 5.73 Å². The van der Waals surface area contributed by atoms with Crippen molar-refractivity contribution < 1.29 is 10.2 Å². The minimum Gasteiger partial charge on any atom is -0.508 e. The molecule has 0 unspecified atom stereocenters. The fourth-order valence-electron chi connectivity index (χ4n) is 1.05. The van der Waals surface area contributed by atoms with E-state index < -0.39 is 12.1 Å². The van der Waals surface area contributed by atoms with E-state index >= 15 is 0 Å². The van der Waals surface area contributed by atoms with Gasteiger partial charge in [-0.3, -0.25) is 0 Å². The number of aliphatic hydroxyl groups excluding tert-OH is 1. The highest BCUT2D eigenvalue weighted by atomic mass is 127. The number of halogens is 1. The zero-order valence-electron chi connectivity index (χ0n) is 7.24. The Morgan fingerprint density at radius 3 is 2.54 bits per heavy atom. The molecule has 3 nitrogen and oxygen atoms in total. The topological polar surface area (TPSA) is 66.5 Å². The molecule has 1 rings (SSSR count). The zero-order chi connectivity index (χ0) is 10.0. The summed E-state index contributed by atoms with van der Waals surface area (Å²) in [6.45, 7) is 1.65. The van der Waals surface area contributed by atoms with Gasteiger partial charge in [0.15, 0.2) is 0 Å². The van der Waals surface area contributed by atoms with E-state index in [1.165, 1.54) is 0 Å². The van der Waals surface area contributed by atoms with Crippen molar-refractivity contribution in [2.45, 2.75) is 19.1 Å². The van der Waals surface area contributed by atoms with Crippen LogP contribution in [0.4, 0.5) is 0 Å². The van der Waals surface area contributed by atoms with Gasteiger partial charge in [0.25, 0.3) is 0 Å². The summed E-state index contributed by atoms with van der Waals surface area (Å²) in [5.41, 5.74) is 6.61. The van der Waals surface area contributed by atoms with Gasteiger partial charge in [0.05, 0.1) is 12.1 Å². The lowest BCUT2D eigenvalue weighted by Gasteiger charge is -2.16. The monoisotopic (exact) mass is 293 g/mol. The van der Waals surface area contributed by atoms with Crippen molar-refractivity contribution in [3.8, 4) is 5.75 Å². The number of rotatable bonds is 2. The molecular formula is C9H12INO2. The van der Waals surface area contributed by atoms with Crippen LogP contribution < -0.4 is 5.73 Å². The van der Waals surface area contributed by atoms with E-state index in [9.17, 15) is 5.11 Å². The van der Waals surface area contributed by atoms with Gasteiger partial charge in [-0.1, -0.05) is 6.07 Å². The molecule has 0 radical (unpaired) electrons. The van der Waals surface area contributed by atoms with E-state index in [0.29, 0.717) is 0 Å². The summed E-state index contributed by atoms with van der Waals surface area (Å²) in [5, 5.41) is 18.4. The van der Waals surface area contributed by atoms with Crippen LogP contribution in [0.3, 0.4) is 0 Å². The molecule has 0 saturated heterocycles. The van der Waals surface area contributed by atoms with Gasteiger partial charge < -0.3 is 15.9 Å². The number of phenols is 1. The normalized spacial score (nSPS) is 15.4. The van der Waals surface area contributed by atoms with Gasteiger partial charge in [-0.2, -0.15) is 0 Å². The number of aliphatic hydroxyl groups is 1. The van der Waals surface area contributed by atoms with Crippen molar-refractivity contribution in [1.29, 1.82) is 0 Å². The zero-order valence-corrected chi connectivity index (χ0v) is 9.39. The fourth-order valence-corrected chi connectivity index (χ4v) is 1.90. The molecular weight excluding hydrogens is 281 g/mol. The van der Waals surface area contributed by atoms with E-state index in [1.807, 2.05) is 0 Å². The predicted molar refractivity (Wildman–Crippen MR) is 59.4 cm³/mol. The Hall–Kier alpha value is -0.330. The Labute approximate surface area is 90.7 Å². The fraction of sp³-hybridized carbons (Fsp3) is 0.333. The van der Waals surface area contributed by atoms with E-state index in [2.05, 4.69) is 22.6 Å². The van der Waals surface area contributed by atoms with E-state index in [-0.39, 0.29) is 5.75 Å². The Morgan fingerprint density at radius 1 is 1.46 bits per heavy atom. The molecule has 1 aromatic carbocycles. The Bertz CT molecular complexity index is 302. The second kappa shape index (κ2) is 4.26. The van der Waals surface area contributed by atoms with Crippen LogP contribution in [-0.4, -0.2) is 16.3 Å². The Kier molecular flexibility index (Phi) is 3.52. The van der Waals surface area contributed by atoms with Crippen LogP contribution in [-0.2, 0) is 0 Å². The summed E-state index contributed by atoms with van der Waals surface area (Å²) in [5.74, 6) is 0.214. The van der Waals surface area contributed by atoms with E-state index in [4.69, 9.17) is 10.8 Å². The molecule has 0 fully saturated rings. The molecule has 0 heterocycles. The summed E-state index contributed by atoms with van der Waals surface area (Å²) >= 11 is 2.08. The highest BCUT2D eigenvalue weighted by Crippen LogP contribution is 2.24. The van der Waals surface area contributed by atoms with Crippen LogP contribution >= 0.6 is 22.6 Å². The van der Waals surface area contributed by atoms with Crippen LogP contribution in [0, 0.1) is 3.57 Å². The lowest BCUT2D eigenvalue weighted by atomic mass is 10.0. The van der Waals surface area contributed by atoms with Crippen LogP contribution in [0.15, 0.2) is 18.2 Å². The Morgan fingerprint density at radius 2 is 2.08 bits per heavy atom. The van der Waals surface area contributed by atoms with Crippen molar-refractivity contribution in [2.75, 3.05) is 0 Å². The molecule has 13 heavy (non-hydrogen) atoms. The van der Waals surface area contributed by atoms with Crippen molar-refractivity contribution >= 4 is 22.6 Å². The molecule has 0 saturated carbocycles. The third-order valence-electron chi connectivity index (χ3n) is 1.86. The van der Waals surface area contributed by atoms with Crippen LogP contribution in [0.5, 0.6) is 5.75 Å². The number of aromatic hydroxyl groups is 1. The Balaban J connectivity index is 3.01. The minimum atomic E-state index is -0.585. The molecule has 0 spiro atoms. The number of hydrogen-bond donors (Lipinski definition) is 3. The quantitative estimate of drug-likeness (QED) is 0.722. The highest BCUT2D eigenvalue weighted by molar-refractivity contribution is 14.1. The van der Waals surface area contributed by atoms with Crippen LogP contribution in [0.25, 0.3) is 0 Å². The lowest BCUT2D eigenvalue weighted by Crippen LogP contribution is -2.23. The number of hydrogen-bond acceptors (Lipinski definition) is 3. The van der Waals surface area contributed by atoms with Gasteiger partial charge in [0, 0.05) is 3.57 Å². The van der Waals surface area contributed by atoms with E-state index in [0.717, 1.165) is 9.13 Å². The standard InChI is InChI=1S/C9H12INO2/c1-5(12)9(11)7-3-2-6(13)4-8(7)10/h2-5,9,12-13H,11H2,1H3/t5-,9-/m0/s1. The molecule has 4 N–H and O–H groups in total. The maximum atomic E-state index is 9.28. The first kappa shape index (κ1) is 10.7. The van der Waals surface area contributed by atoms with Gasteiger partial charge >= 0.3 is 0 Å². The maximum Gasteiger partial charge on any atom is 0.116 e. The summed E-state index contributed by atoms with van der Waals surface area (Å²) < 4.78 is 0.867. The molecule has 0 bridgehead atoms. The number of nitrogens with two attached hydrogens (primary N) is 1. The van der Waals surface area contributed by atoms with Gasteiger partial charge in [0.2, 0.25) is 0 Å². The first-order valence-corrected chi connectivity index (χ1v) is 5.02. The second-order valence-electron chi connectivity index (χ2n) is 2.97. The third kappa shape index (κ3) is 2.55. The average Bonchev–Trinajstić information content (AvgIpc) is 2.03. The largest absolute Gasteiger partial charge is 0.508 e. The maximum absolute atomic E-state index is 9.28. The summed E-state index contributed by atoms with van der Waals surface area (Å²) in [7, 11) is 0. The van der Waals surface area contributed by atoms with Crippen molar-refractivity contribution in [3.05, 3.63) is 27.3 Å². The van der Waals surface area contributed by atoms with Gasteiger partial charge in [-0.25, -0.2) is 0 Å². The second-order valence-corrected chi connectivity index (χ2v) is 4.13. The number of phenolic OH excluding ortho intramolecular Hbond substituents is 1. The van der Waals surface area contributed by atoms with Crippen LogP contribution in [0.1, 0.15) is 18.5 Å². The molecule has 1 aromatic rings. The average molecular weight is 293 g/mol. The molecule has 4 heteroatoms. The molecule has 0 amide bonds. The molecule has 72 valence electrons. The van der Waals surface area contributed by atoms with E-state index in [1.54, 1.807) is 25.1 Å². The highest BCUT2D eigenvalue weighted by Gasteiger charge is 2.14. The molecule has 0 aromatic heterocycles. The van der Waals surface area contributed by atoms with Gasteiger partial charge in [-0.15, -0.1) is 0 Å². The van der Waals surface area contributed by atoms with Gasteiger partial charge in [0.1, 0.15) is 5.75 Å². The smallest absolute Gasteiger partial charge is 0.116 e. The summed E-state index contributed by atoms with van der Waals surface area (Å²) in [6, 6.07) is 4.53. The molecule has 0 aliphatic rings. The first-order valence-electron chi connectivity index (χ1n) is 3.94. The lowest BCUT2D eigenvalue weighted by molar-refractivity contribution is 0.164. The van der Waals surface area contributed by atoms with Crippen molar-refractivity contribution in [3.63, 3.8) is 0 Å². The predicted octanol–water partition coefficient (Wildman–Crippen LogP) is 1.38. The molecule has 0 aliphatic heterocycles. The first-order chi connectivity index (χ1) is 6.02. The molecule has 0 aliphatic carbocycles. The van der Waals surface area contributed by atoms with Crippen molar-refractivity contribution in [1.82, 2.24) is 0 Å². The summed E-state index contributed by atoms with van der Waals surface area (Å²) in [6.07, 6.45) is -0.585. The number of benzene rings is 1. The van der Waals surface area contributed by atoms with Crippen LogP contribution in [0.2, 0.25) is 0 Å². The summed E-state index contributed by atoms with van der Waals surface area (Å²) in [4.78, 5) is 0. The molecule has 2 atom stereocenters. The minimum absolute atomic E-state index is 0.214. The van der Waals surface area contributed by atoms with Gasteiger partial charge in [-0.05, 0) is 47.2 Å². The SMILES string of the molecule is C[C@H](O)[C@H](N)c1ccc(O)cc1I. The third-order valence-corrected chi connectivity index (χ3v) is 2.80.